The van der Waals surface area contributed by atoms with E-state index in [0.29, 0.717) is 5.75 Å². The van der Waals surface area contributed by atoms with Gasteiger partial charge in [0.15, 0.2) is 0 Å². The van der Waals surface area contributed by atoms with Crippen molar-refractivity contribution in [3.63, 3.8) is 0 Å². The Balaban J connectivity index is 2.28. The number of carbonyl (C=O) groups is 1. The van der Waals surface area contributed by atoms with Gasteiger partial charge in [-0.2, -0.15) is 13.2 Å². The van der Waals surface area contributed by atoms with Crippen LogP contribution < -0.4 is 10.1 Å². The molecular weight excluding hydrogens is 283 g/mol. The first kappa shape index (κ1) is 14.9. The smallest absolute Gasteiger partial charge is 0.418 e. The Labute approximate surface area is 119 Å². The number of alkyl halides is 3. The van der Waals surface area contributed by atoms with Crippen molar-refractivity contribution in [2.75, 3.05) is 12.4 Å². The number of amides is 1. The third-order valence-corrected chi connectivity index (χ3v) is 2.81. The van der Waals surface area contributed by atoms with Crippen LogP contribution in [0.2, 0.25) is 0 Å². The van der Waals surface area contributed by atoms with Gasteiger partial charge in [0.05, 0.1) is 18.4 Å². The second-order valence-electron chi connectivity index (χ2n) is 4.23. The van der Waals surface area contributed by atoms with Crippen molar-refractivity contribution in [2.45, 2.75) is 6.18 Å². The van der Waals surface area contributed by atoms with Gasteiger partial charge in [0.25, 0.3) is 5.91 Å². The van der Waals surface area contributed by atoms with Crippen LogP contribution in [-0.2, 0) is 6.18 Å². The van der Waals surface area contributed by atoms with Crippen LogP contribution in [0.1, 0.15) is 15.9 Å². The molecule has 1 N–H and O–H groups in total. The molecule has 0 saturated carbocycles. The fourth-order valence-corrected chi connectivity index (χ4v) is 1.80. The van der Waals surface area contributed by atoms with Gasteiger partial charge in [-0.05, 0) is 30.3 Å². The highest BCUT2D eigenvalue weighted by atomic mass is 19.4. The van der Waals surface area contributed by atoms with E-state index in [1.807, 2.05) is 0 Å². The van der Waals surface area contributed by atoms with Crippen LogP contribution in [0.4, 0.5) is 18.9 Å². The molecule has 0 spiro atoms. The summed E-state index contributed by atoms with van der Waals surface area (Å²) in [4.78, 5) is 12.0. The van der Waals surface area contributed by atoms with Gasteiger partial charge in [-0.15, -0.1) is 0 Å². The molecule has 2 rings (SSSR count). The normalized spacial score (nSPS) is 11.0. The Bertz CT molecular complexity index is 653. The molecule has 1 amide bonds. The highest BCUT2D eigenvalue weighted by Gasteiger charge is 2.33. The number of hydrogen-bond acceptors (Lipinski definition) is 2. The first-order valence-electron chi connectivity index (χ1n) is 6.03. The molecule has 0 aromatic heterocycles. The van der Waals surface area contributed by atoms with E-state index >= 15 is 0 Å². The number of benzene rings is 2. The van der Waals surface area contributed by atoms with Crippen molar-refractivity contribution in [1.82, 2.24) is 0 Å². The first-order chi connectivity index (χ1) is 9.91. The molecule has 2 aromatic rings. The predicted octanol–water partition coefficient (Wildman–Crippen LogP) is 3.97. The van der Waals surface area contributed by atoms with Crippen LogP contribution in [0, 0.1) is 0 Å². The molecule has 3 nitrogen and oxygen atoms in total. The van der Waals surface area contributed by atoms with Gasteiger partial charge in [0.2, 0.25) is 0 Å². The minimum atomic E-state index is -4.53. The van der Waals surface area contributed by atoms with Gasteiger partial charge in [-0.1, -0.05) is 18.2 Å². The standard InChI is InChI=1S/C15H12F3NO2/c1-21-11-6-4-5-10(9-11)14(20)19-13-8-3-2-7-12(13)15(16,17)18/h2-9H,1H3,(H,19,20). The van der Waals surface area contributed by atoms with Crippen LogP contribution >= 0.6 is 0 Å². The van der Waals surface area contributed by atoms with Crippen molar-refractivity contribution >= 4 is 11.6 Å². The third kappa shape index (κ3) is 3.53. The molecular formula is C15H12F3NO2. The maximum absolute atomic E-state index is 12.8. The molecule has 2 aromatic carbocycles. The fraction of sp³-hybridized carbons (Fsp3) is 0.133. The Morgan fingerprint density at radius 1 is 1.10 bits per heavy atom. The summed E-state index contributed by atoms with van der Waals surface area (Å²) in [6, 6.07) is 11.0. The van der Waals surface area contributed by atoms with Crippen molar-refractivity contribution in [3.05, 3.63) is 59.7 Å². The van der Waals surface area contributed by atoms with Gasteiger partial charge in [0.1, 0.15) is 5.75 Å². The van der Waals surface area contributed by atoms with E-state index in [1.165, 1.54) is 37.4 Å². The number of halogens is 3. The molecule has 0 fully saturated rings. The molecule has 0 aliphatic carbocycles. The molecule has 0 saturated heterocycles. The Morgan fingerprint density at radius 3 is 2.48 bits per heavy atom. The molecule has 0 heterocycles. The number of hydrogen-bond donors (Lipinski definition) is 1. The lowest BCUT2D eigenvalue weighted by Crippen LogP contribution is -2.16. The van der Waals surface area contributed by atoms with Gasteiger partial charge >= 0.3 is 6.18 Å². The average Bonchev–Trinajstić information content (AvgIpc) is 2.46. The molecule has 0 atom stereocenters. The summed E-state index contributed by atoms with van der Waals surface area (Å²) >= 11 is 0. The van der Waals surface area contributed by atoms with Crippen LogP contribution in [0.15, 0.2) is 48.5 Å². The van der Waals surface area contributed by atoms with Crippen LogP contribution in [-0.4, -0.2) is 13.0 Å². The number of para-hydroxylation sites is 1. The number of rotatable bonds is 3. The van der Waals surface area contributed by atoms with E-state index in [1.54, 1.807) is 12.1 Å². The molecule has 21 heavy (non-hydrogen) atoms. The van der Waals surface area contributed by atoms with Crippen LogP contribution in [0.25, 0.3) is 0 Å². The minimum Gasteiger partial charge on any atom is -0.497 e. The number of carbonyl (C=O) groups excluding carboxylic acids is 1. The largest absolute Gasteiger partial charge is 0.497 e. The summed E-state index contributed by atoms with van der Waals surface area (Å²) in [6.07, 6.45) is -4.53. The van der Waals surface area contributed by atoms with Crippen molar-refractivity contribution < 1.29 is 22.7 Å². The zero-order valence-electron chi connectivity index (χ0n) is 11.1. The molecule has 0 aliphatic rings. The lowest BCUT2D eigenvalue weighted by atomic mass is 10.1. The Kier molecular flexibility index (Phi) is 4.16. The second kappa shape index (κ2) is 5.87. The molecule has 0 aliphatic heterocycles. The Hall–Kier alpha value is -2.50. The number of anilines is 1. The summed E-state index contributed by atoms with van der Waals surface area (Å²) in [5.41, 5.74) is -0.953. The number of ether oxygens (including phenoxy) is 1. The molecule has 0 bridgehead atoms. The van der Waals surface area contributed by atoms with E-state index in [4.69, 9.17) is 4.74 Å². The number of methoxy groups -OCH3 is 1. The van der Waals surface area contributed by atoms with Gasteiger partial charge in [0, 0.05) is 5.56 Å². The number of nitrogens with one attached hydrogen (secondary N) is 1. The monoisotopic (exact) mass is 295 g/mol. The van der Waals surface area contributed by atoms with E-state index in [0.717, 1.165) is 6.07 Å². The average molecular weight is 295 g/mol. The first-order valence-corrected chi connectivity index (χ1v) is 6.03. The summed E-state index contributed by atoms with van der Waals surface area (Å²) < 4.78 is 43.5. The topological polar surface area (TPSA) is 38.3 Å². The van der Waals surface area contributed by atoms with E-state index in [-0.39, 0.29) is 11.3 Å². The predicted molar refractivity (Wildman–Crippen MR) is 72.4 cm³/mol. The van der Waals surface area contributed by atoms with Gasteiger partial charge in [-0.25, -0.2) is 0 Å². The van der Waals surface area contributed by atoms with Crippen molar-refractivity contribution in [2.24, 2.45) is 0 Å². The molecule has 6 heteroatoms. The van der Waals surface area contributed by atoms with E-state index < -0.39 is 17.6 Å². The summed E-state index contributed by atoms with van der Waals surface area (Å²) in [6.45, 7) is 0. The third-order valence-electron chi connectivity index (χ3n) is 2.81. The fourth-order valence-electron chi connectivity index (χ4n) is 1.80. The summed E-state index contributed by atoms with van der Waals surface area (Å²) in [5.74, 6) is -0.183. The molecule has 110 valence electrons. The minimum absolute atomic E-state index is 0.214. The zero-order chi connectivity index (χ0) is 15.5. The maximum atomic E-state index is 12.8. The van der Waals surface area contributed by atoms with Gasteiger partial charge < -0.3 is 10.1 Å². The van der Waals surface area contributed by atoms with E-state index in [2.05, 4.69) is 5.32 Å². The highest BCUT2D eigenvalue weighted by molar-refractivity contribution is 6.04. The Morgan fingerprint density at radius 2 is 1.81 bits per heavy atom. The second-order valence-corrected chi connectivity index (χ2v) is 4.23. The highest BCUT2D eigenvalue weighted by Crippen LogP contribution is 2.34. The van der Waals surface area contributed by atoms with Crippen molar-refractivity contribution in [1.29, 1.82) is 0 Å². The zero-order valence-corrected chi connectivity index (χ0v) is 11.1. The maximum Gasteiger partial charge on any atom is 0.418 e. The van der Waals surface area contributed by atoms with Crippen molar-refractivity contribution in [3.8, 4) is 5.75 Å². The molecule has 0 radical (unpaired) electrons. The van der Waals surface area contributed by atoms with Gasteiger partial charge in [-0.3, -0.25) is 4.79 Å². The lowest BCUT2D eigenvalue weighted by molar-refractivity contribution is -0.136. The lowest BCUT2D eigenvalue weighted by Gasteiger charge is -2.13. The van der Waals surface area contributed by atoms with E-state index in [9.17, 15) is 18.0 Å². The van der Waals surface area contributed by atoms with Crippen LogP contribution in [0.3, 0.4) is 0 Å². The molecule has 0 unspecified atom stereocenters. The summed E-state index contributed by atoms with van der Waals surface area (Å²) in [7, 11) is 1.44. The summed E-state index contributed by atoms with van der Waals surface area (Å²) in [5, 5.41) is 2.27. The van der Waals surface area contributed by atoms with Crippen LogP contribution in [0.5, 0.6) is 5.75 Å². The SMILES string of the molecule is COc1cccc(C(=O)Nc2ccccc2C(F)(F)F)c1. The quantitative estimate of drug-likeness (QED) is 0.930.